The van der Waals surface area contributed by atoms with Crippen molar-refractivity contribution >= 4 is 0 Å². The molecule has 0 aliphatic carbocycles. The lowest BCUT2D eigenvalue weighted by Gasteiger charge is -2.12. The van der Waals surface area contributed by atoms with Crippen molar-refractivity contribution in [3.63, 3.8) is 0 Å². The standard InChI is InChI=1S/C13H22N2/c1-2-3-4-5-8-11-9-6-7-10-12(11)13(14)15/h6-7,9-10,13H,2-5,8,14-15H2,1H3. The Bertz CT molecular complexity index is 282. The molecule has 0 radical (unpaired) electrons. The smallest absolute Gasteiger partial charge is 0.0787 e. The Labute approximate surface area is 92.7 Å². The molecule has 0 aromatic heterocycles. The van der Waals surface area contributed by atoms with Gasteiger partial charge in [0.1, 0.15) is 0 Å². The fraction of sp³-hybridized carbons (Fsp3) is 0.538. The zero-order valence-electron chi connectivity index (χ0n) is 9.58. The Morgan fingerprint density at radius 1 is 1.07 bits per heavy atom. The summed E-state index contributed by atoms with van der Waals surface area (Å²) in [5, 5.41) is 0. The zero-order chi connectivity index (χ0) is 11.1. The highest BCUT2D eigenvalue weighted by Crippen LogP contribution is 2.15. The third-order valence-electron chi connectivity index (χ3n) is 2.71. The van der Waals surface area contributed by atoms with Crippen LogP contribution in [0.1, 0.15) is 49.9 Å². The summed E-state index contributed by atoms with van der Waals surface area (Å²) in [5.41, 5.74) is 13.8. The lowest BCUT2D eigenvalue weighted by molar-refractivity contribution is 0.658. The van der Waals surface area contributed by atoms with Gasteiger partial charge in [0.05, 0.1) is 6.17 Å². The molecule has 0 bridgehead atoms. The summed E-state index contributed by atoms with van der Waals surface area (Å²) in [4.78, 5) is 0. The molecule has 1 aromatic rings. The monoisotopic (exact) mass is 206 g/mol. The molecule has 0 amide bonds. The Morgan fingerprint density at radius 2 is 1.80 bits per heavy atom. The molecular formula is C13H22N2. The van der Waals surface area contributed by atoms with Crippen LogP contribution in [0.2, 0.25) is 0 Å². The van der Waals surface area contributed by atoms with E-state index in [2.05, 4.69) is 19.1 Å². The molecule has 0 fully saturated rings. The van der Waals surface area contributed by atoms with Crippen molar-refractivity contribution in [2.45, 2.75) is 45.2 Å². The minimum atomic E-state index is -0.340. The summed E-state index contributed by atoms with van der Waals surface area (Å²) in [6.45, 7) is 2.23. The van der Waals surface area contributed by atoms with Gasteiger partial charge in [-0.3, -0.25) is 0 Å². The number of nitrogens with two attached hydrogens (primary N) is 2. The molecule has 1 rings (SSSR count). The summed E-state index contributed by atoms with van der Waals surface area (Å²) < 4.78 is 0. The molecular weight excluding hydrogens is 184 g/mol. The van der Waals surface area contributed by atoms with Crippen LogP contribution in [-0.2, 0) is 6.42 Å². The predicted molar refractivity (Wildman–Crippen MR) is 65.4 cm³/mol. The molecule has 2 heteroatoms. The van der Waals surface area contributed by atoms with E-state index in [9.17, 15) is 0 Å². The second-order valence-corrected chi connectivity index (χ2v) is 4.04. The third-order valence-corrected chi connectivity index (χ3v) is 2.71. The van der Waals surface area contributed by atoms with Gasteiger partial charge in [-0.25, -0.2) is 0 Å². The van der Waals surface area contributed by atoms with Crippen molar-refractivity contribution in [3.8, 4) is 0 Å². The summed E-state index contributed by atoms with van der Waals surface area (Å²) >= 11 is 0. The van der Waals surface area contributed by atoms with Gasteiger partial charge >= 0.3 is 0 Å². The Hall–Kier alpha value is -0.860. The SMILES string of the molecule is CCCCCCc1ccccc1C(N)N. The van der Waals surface area contributed by atoms with Crippen molar-refractivity contribution in [1.29, 1.82) is 0 Å². The molecule has 2 nitrogen and oxygen atoms in total. The Kier molecular flexibility index (Phi) is 5.37. The second-order valence-electron chi connectivity index (χ2n) is 4.04. The highest BCUT2D eigenvalue weighted by atomic mass is 14.8. The average molecular weight is 206 g/mol. The lowest BCUT2D eigenvalue weighted by atomic mass is 9.99. The first-order valence-electron chi connectivity index (χ1n) is 5.84. The van der Waals surface area contributed by atoms with Crippen molar-refractivity contribution < 1.29 is 0 Å². The molecule has 0 heterocycles. The molecule has 0 saturated carbocycles. The zero-order valence-corrected chi connectivity index (χ0v) is 9.58. The van der Waals surface area contributed by atoms with Crippen LogP contribution in [0, 0.1) is 0 Å². The minimum Gasteiger partial charge on any atom is -0.312 e. The number of rotatable bonds is 6. The van der Waals surface area contributed by atoms with Gasteiger partial charge in [0.25, 0.3) is 0 Å². The molecule has 0 atom stereocenters. The van der Waals surface area contributed by atoms with E-state index in [1.807, 2.05) is 12.1 Å². The molecule has 0 saturated heterocycles. The van der Waals surface area contributed by atoms with Crippen LogP contribution >= 0.6 is 0 Å². The van der Waals surface area contributed by atoms with Gasteiger partial charge in [0, 0.05) is 0 Å². The Balaban J connectivity index is 2.52. The summed E-state index contributed by atoms with van der Waals surface area (Å²) in [6, 6.07) is 8.21. The van der Waals surface area contributed by atoms with E-state index in [4.69, 9.17) is 11.5 Å². The van der Waals surface area contributed by atoms with Crippen LogP contribution in [0.3, 0.4) is 0 Å². The van der Waals surface area contributed by atoms with E-state index in [-0.39, 0.29) is 6.17 Å². The Morgan fingerprint density at radius 3 is 2.47 bits per heavy atom. The highest BCUT2D eigenvalue weighted by molar-refractivity contribution is 5.29. The van der Waals surface area contributed by atoms with Gasteiger partial charge in [0.15, 0.2) is 0 Å². The van der Waals surface area contributed by atoms with Crippen LogP contribution in [0.25, 0.3) is 0 Å². The summed E-state index contributed by atoms with van der Waals surface area (Å²) in [5.74, 6) is 0. The highest BCUT2D eigenvalue weighted by Gasteiger charge is 2.05. The normalized spacial score (nSPS) is 10.9. The predicted octanol–water partition coefficient (Wildman–Crippen LogP) is 2.73. The first-order valence-corrected chi connectivity index (χ1v) is 5.84. The van der Waals surface area contributed by atoms with Gasteiger partial charge in [-0.15, -0.1) is 0 Å². The topological polar surface area (TPSA) is 52.0 Å². The minimum absolute atomic E-state index is 0.340. The van der Waals surface area contributed by atoms with E-state index in [0.29, 0.717) is 0 Å². The summed E-state index contributed by atoms with van der Waals surface area (Å²) in [7, 11) is 0. The number of unbranched alkanes of at least 4 members (excludes halogenated alkanes) is 3. The fourth-order valence-corrected chi connectivity index (χ4v) is 1.83. The molecule has 0 aliphatic rings. The maximum absolute atomic E-state index is 5.72. The molecule has 0 spiro atoms. The van der Waals surface area contributed by atoms with Crippen molar-refractivity contribution in [3.05, 3.63) is 35.4 Å². The molecule has 0 aliphatic heterocycles. The van der Waals surface area contributed by atoms with Crippen LogP contribution in [0.5, 0.6) is 0 Å². The largest absolute Gasteiger partial charge is 0.312 e. The van der Waals surface area contributed by atoms with E-state index in [0.717, 1.165) is 12.0 Å². The number of hydrogen-bond acceptors (Lipinski definition) is 2. The van der Waals surface area contributed by atoms with E-state index in [1.54, 1.807) is 0 Å². The maximum atomic E-state index is 5.72. The quantitative estimate of drug-likeness (QED) is 0.555. The van der Waals surface area contributed by atoms with Crippen molar-refractivity contribution in [2.75, 3.05) is 0 Å². The average Bonchev–Trinajstić information content (AvgIpc) is 2.25. The van der Waals surface area contributed by atoms with Crippen LogP contribution in [0.4, 0.5) is 0 Å². The van der Waals surface area contributed by atoms with Gasteiger partial charge in [-0.2, -0.15) is 0 Å². The number of aryl methyl sites for hydroxylation is 1. The second kappa shape index (κ2) is 6.59. The van der Waals surface area contributed by atoms with Crippen molar-refractivity contribution in [1.82, 2.24) is 0 Å². The van der Waals surface area contributed by atoms with Gasteiger partial charge in [-0.05, 0) is 24.0 Å². The van der Waals surface area contributed by atoms with E-state index in [1.165, 1.54) is 31.2 Å². The lowest BCUT2D eigenvalue weighted by Crippen LogP contribution is -2.21. The fourth-order valence-electron chi connectivity index (χ4n) is 1.83. The molecule has 1 aromatic carbocycles. The number of benzene rings is 1. The summed E-state index contributed by atoms with van der Waals surface area (Å²) in [6.07, 6.45) is 5.88. The first kappa shape index (κ1) is 12.2. The molecule has 4 N–H and O–H groups in total. The molecule has 15 heavy (non-hydrogen) atoms. The van der Waals surface area contributed by atoms with E-state index < -0.39 is 0 Å². The maximum Gasteiger partial charge on any atom is 0.0787 e. The van der Waals surface area contributed by atoms with Gasteiger partial charge < -0.3 is 11.5 Å². The van der Waals surface area contributed by atoms with E-state index >= 15 is 0 Å². The van der Waals surface area contributed by atoms with Crippen LogP contribution < -0.4 is 11.5 Å². The van der Waals surface area contributed by atoms with Crippen LogP contribution in [-0.4, -0.2) is 0 Å². The molecule has 84 valence electrons. The number of hydrogen-bond donors (Lipinski definition) is 2. The first-order chi connectivity index (χ1) is 7.25. The van der Waals surface area contributed by atoms with Crippen LogP contribution in [0.15, 0.2) is 24.3 Å². The third kappa shape index (κ3) is 4.02. The van der Waals surface area contributed by atoms with Gasteiger partial charge in [0.2, 0.25) is 0 Å². The van der Waals surface area contributed by atoms with Gasteiger partial charge in [-0.1, -0.05) is 50.5 Å². The molecule has 0 unspecified atom stereocenters. The van der Waals surface area contributed by atoms with Crippen molar-refractivity contribution in [2.24, 2.45) is 11.5 Å².